The van der Waals surface area contributed by atoms with Crippen molar-refractivity contribution in [3.8, 4) is 0 Å². The number of nitrogens with one attached hydrogen (secondary N) is 1. The molecule has 1 N–H and O–H groups in total. The van der Waals surface area contributed by atoms with E-state index in [-0.39, 0.29) is 29.9 Å². The first kappa shape index (κ1) is 20.2. The van der Waals surface area contributed by atoms with Crippen LogP contribution < -0.4 is 5.32 Å². The van der Waals surface area contributed by atoms with Gasteiger partial charge in [-0.05, 0) is 35.7 Å². The number of aromatic nitrogens is 2. The third kappa shape index (κ3) is 5.03. The second kappa shape index (κ2) is 9.08. The Morgan fingerprint density at radius 3 is 2.43 bits per heavy atom. The molecule has 0 radical (unpaired) electrons. The van der Waals surface area contributed by atoms with Crippen LogP contribution in [0, 0.1) is 5.92 Å². The maximum atomic E-state index is 12.8. The number of benzene rings is 1. The first-order valence-electron chi connectivity index (χ1n) is 8.86. The standard InChI is InChI=1S/C21H20ClN3O2S/c1-13(2)20(14-3-5-15(22)6-4-14)21(27)25-17-8-7-16(23-10-17)9-19(26)18-11-28-12-24-18/h3-8,10-13,20H,9H2,1-2H3,(H,25,27)/t20-/m0/s1. The van der Waals surface area contributed by atoms with Gasteiger partial charge in [-0.25, -0.2) is 4.98 Å². The second-order valence-electron chi connectivity index (χ2n) is 6.77. The molecule has 0 aliphatic rings. The summed E-state index contributed by atoms with van der Waals surface area (Å²) in [5, 5.41) is 5.27. The third-order valence-electron chi connectivity index (χ3n) is 4.33. The van der Waals surface area contributed by atoms with E-state index in [1.54, 1.807) is 41.4 Å². The van der Waals surface area contributed by atoms with E-state index in [1.165, 1.54) is 11.3 Å². The Hall–Kier alpha value is -2.57. The summed E-state index contributed by atoms with van der Waals surface area (Å²) in [7, 11) is 0. The number of thiazole rings is 1. The lowest BCUT2D eigenvalue weighted by atomic mass is 9.87. The number of hydrogen-bond acceptors (Lipinski definition) is 5. The number of amides is 1. The molecule has 0 unspecified atom stereocenters. The highest BCUT2D eigenvalue weighted by atomic mass is 35.5. The third-order valence-corrected chi connectivity index (χ3v) is 5.17. The van der Waals surface area contributed by atoms with Crippen LogP contribution in [0.3, 0.4) is 0 Å². The molecule has 28 heavy (non-hydrogen) atoms. The molecular formula is C21H20ClN3O2S. The normalized spacial score (nSPS) is 12.0. The van der Waals surface area contributed by atoms with Crippen LogP contribution >= 0.6 is 22.9 Å². The average molecular weight is 414 g/mol. The molecule has 0 saturated heterocycles. The smallest absolute Gasteiger partial charge is 0.232 e. The van der Waals surface area contributed by atoms with E-state index in [0.29, 0.717) is 22.1 Å². The average Bonchev–Trinajstić information content (AvgIpc) is 3.20. The Kier molecular flexibility index (Phi) is 6.54. The van der Waals surface area contributed by atoms with Crippen molar-refractivity contribution in [3.05, 3.63) is 75.5 Å². The van der Waals surface area contributed by atoms with E-state index in [4.69, 9.17) is 11.6 Å². The summed E-state index contributed by atoms with van der Waals surface area (Å²) in [6, 6.07) is 10.8. The maximum absolute atomic E-state index is 12.8. The molecule has 1 amide bonds. The molecule has 0 spiro atoms. The molecule has 5 nitrogen and oxygen atoms in total. The molecule has 1 aromatic carbocycles. The van der Waals surface area contributed by atoms with Crippen molar-refractivity contribution in [2.24, 2.45) is 5.92 Å². The number of rotatable bonds is 7. The van der Waals surface area contributed by atoms with Gasteiger partial charge in [0.05, 0.1) is 29.7 Å². The largest absolute Gasteiger partial charge is 0.324 e. The van der Waals surface area contributed by atoms with Crippen molar-refractivity contribution >= 4 is 40.3 Å². The Balaban J connectivity index is 1.67. The van der Waals surface area contributed by atoms with E-state index < -0.39 is 0 Å². The predicted octanol–water partition coefficient (Wildman–Crippen LogP) is 5.00. The quantitative estimate of drug-likeness (QED) is 0.553. The van der Waals surface area contributed by atoms with Crippen molar-refractivity contribution in [2.45, 2.75) is 26.2 Å². The first-order chi connectivity index (χ1) is 13.4. The number of Topliss-reactive ketones (excluding diaryl/α,β-unsaturated/α-hetero) is 1. The fourth-order valence-electron chi connectivity index (χ4n) is 2.94. The van der Waals surface area contributed by atoms with Gasteiger partial charge in [-0.1, -0.05) is 37.6 Å². The highest BCUT2D eigenvalue weighted by molar-refractivity contribution is 7.07. The minimum Gasteiger partial charge on any atom is -0.324 e. The van der Waals surface area contributed by atoms with E-state index in [9.17, 15) is 9.59 Å². The zero-order chi connectivity index (χ0) is 20.1. The van der Waals surface area contributed by atoms with Gasteiger partial charge in [-0.15, -0.1) is 11.3 Å². The van der Waals surface area contributed by atoms with Crippen LogP contribution in [0.15, 0.2) is 53.5 Å². The molecule has 2 aromatic heterocycles. The van der Waals surface area contributed by atoms with Crippen LogP contribution in [-0.2, 0) is 11.2 Å². The molecule has 144 valence electrons. The molecule has 7 heteroatoms. The zero-order valence-corrected chi connectivity index (χ0v) is 17.1. The molecule has 0 aliphatic heterocycles. The molecule has 3 aromatic rings. The summed E-state index contributed by atoms with van der Waals surface area (Å²) in [6.45, 7) is 4.01. The summed E-state index contributed by atoms with van der Waals surface area (Å²) in [4.78, 5) is 33.2. The summed E-state index contributed by atoms with van der Waals surface area (Å²) >= 11 is 7.34. The highest BCUT2D eigenvalue weighted by Gasteiger charge is 2.24. The van der Waals surface area contributed by atoms with Crippen molar-refractivity contribution in [2.75, 3.05) is 5.32 Å². The number of carbonyl (C=O) groups excluding carboxylic acids is 2. The lowest BCUT2D eigenvalue weighted by Crippen LogP contribution is -2.25. The SMILES string of the molecule is CC(C)[C@H](C(=O)Nc1ccc(CC(=O)c2cscn2)nc1)c1ccc(Cl)cc1. The Morgan fingerprint density at radius 1 is 1.11 bits per heavy atom. The van der Waals surface area contributed by atoms with Crippen LogP contribution in [0.2, 0.25) is 5.02 Å². The van der Waals surface area contributed by atoms with Crippen molar-refractivity contribution in [1.82, 2.24) is 9.97 Å². The van der Waals surface area contributed by atoms with Crippen LogP contribution in [0.1, 0.15) is 41.5 Å². The fourth-order valence-corrected chi connectivity index (χ4v) is 3.62. The van der Waals surface area contributed by atoms with Gasteiger partial charge in [0.15, 0.2) is 5.78 Å². The van der Waals surface area contributed by atoms with Gasteiger partial charge in [0.1, 0.15) is 5.69 Å². The van der Waals surface area contributed by atoms with E-state index >= 15 is 0 Å². The van der Waals surface area contributed by atoms with Gasteiger partial charge in [0, 0.05) is 16.1 Å². The number of hydrogen-bond donors (Lipinski definition) is 1. The Labute approximate surface area is 172 Å². The van der Waals surface area contributed by atoms with Gasteiger partial charge < -0.3 is 5.32 Å². The molecule has 0 saturated carbocycles. The summed E-state index contributed by atoms with van der Waals surface area (Å²) in [5.41, 5.74) is 4.22. The van der Waals surface area contributed by atoms with Crippen LogP contribution in [0.5, 0.6) is 0 Å². The van der Waals surface area contributed by atoms with Gasteiger partial charge >= 0.3 is 0 Å². The number of ketones is 1. The summed E-state index contributed by atoms with van der Waals surface area (Å²) < 4.78 is 0. The minimum absolute atomic E-state index is 0.0758. The number of nitrogens with zero attached hydrogens (tertiary/aromatic N) is 2. The minimum atomic E-state index is -0.303. The number of pyridine rings is 1. The van der Waals surface area contributed by atoms with Crippen molar-refractivity contribution in [1.29, 1.82) is 0 Å². The number of anilines is 1. The van der Waals surface area contributed by atoms with Gasteiger partial charge in [-0.3, -0.25) is 14.6 Å². The molecule has 0 bridgehead atoms. The Morgan fingerprint density at radius 2 is 1.86 bits per heavy atom. The molecule has 2 heterocycles. The maximum Gasteiger partial charge on any atom is 0.232 e. The van der Waals surface area contributed by atoms with Crippen LogP contribution in [0.4, 0.5) is 5.69 Å². The topological polar surface area (TPSA) is 72.0 Å². The van der Waals surface area contributed by atoms with Gasteiger partial charge in [0.25, 0.3) is 0 Å². The van der Waals surface area contributed by atoms with Gasteiger partial charge in [0.2, 0.25) is 5.91 Å². The van der Waals surface area contributed by atoms with Crippen LogP contribution in [0.25, 0.3) is 0 Å². The Bertz CT molecular complexity index is 939. The number of carbonyl (C=O) groups is 2. The number of halogens is 1. The van der Waals surface area contributed by atoms with Gasteiger partial charge in [-0.2, -0.15) is 0 Å². The zero-order valence-electron chi connectivity index (χ0n) is 15.6. The van der Waals surface area contributed by atoms with Crippen molar-refractivity contribution in [3.63, 3.8) is 0 Å². The summed E-state index contributed by atoms with van der Waals surface area (Å²) in [5.74, 6) is -0.370. The molecule has 1 atom stereocenters. The highest BCUT2D eigenvalue weighted by Crippen LogP contribution is 2.27. The van der Waals surface area contributed by atoms with E-state index in [0.717, 1.165) is 5.56 Å². The van der Waals surface area contributed by atoms with E-state index in [2.05, 4.69) is 15.3 Å². The predicted molar refractivity (Wildman–Crippen MR) is 112 cm³/mol. The van der Waals surface area contributed by atoms with Crippen molar-refractivity contribution < 1.29 is 9.59 Å². The summed E-state index contributed by atoms with van der Waals surface area (Å²) in [6.07, 6.45) is 1.75. The lowest BCUT2D eigenvalue weighted by molar-refractivity contribution is -0.118. The second-order valence-corrected chi connectivity index (χ2v) is 7.93. The molecular weight excluding hydrogens is 394 g/mol. The lowest BCUT2D eigenvalue weighted by Gasteiger charge is -2.21. The fraction of sp³-hybridized carbons (Fsp3) is 0.238. The first-order valence-corrected chi connectivity index (χ1v) is 10.2. The molecule has 3 rings (SSSR count). The van der Waals surface area contributed by atoms with Crippen LogP contribution in [-0.4, -0.2) is 21.7 Å². The molecule has 0 fully saturated rings. The van der Waals surface area contributed by atoms with E-state index in [1.807, 2.05) is 26.0 Å². The monoisotopic (exact) mass is 413 g/mol. The molecule has 0 aliphatic carbocycles.